The number of hydrogen-bond donors (Lipinski definition) is 0. The van der Waals surface area contributed by atoms with Gasteiger partial charge in [0.05, 0.1) is 0 Å². The van der Waals surface area contributed by atoms with Crippen LogP contribution in [0.2, 0.25) is 0 Å². The predicted octanol–water partition coefficient (Wildman–Crippen LogP) is 12.6. The minimum absolute atomic E-state index is 0.234. The zero-order valence-electron chi connectivity index (χ0n) is 25.9. The summed E-state index contributed by atoms with van der Waals surface area (Å²) in [6, 6.07) is 44.3. The van der Waals surface area contributed by atoms with Crippen molar-refractivity contribution in [2.45, 2.75) is 83.5 Å². The lowest BCUT2D eigenvalue weighted by atomic mass is 10.0. The lowest BCUT2D eigenvalue weighted by molar-refractivity contribution is 0.543. The smallest absolute Gasteiger partial charge is 0.0117 e. The Morgan fingerprint density at radius 2 is 0.814 bits per heavy atom. The van der Waals surface area contributed by atoms with E-state index in [1.54, 1.807) is 15.9 Å². The van der Waals surface area contributed by atoms with Gasteiger partial charge in [-0.25, -0.2) is 0 Å². The van der Waals surface area contributed by atoms with E-state index in [1.807, 2.05) is 0 Å². The van der Waals surface area contributed by atoms with Crippen molar-refractivity contribution in [2.24, 2.45) is 0 Å². The van der Waals surface area contributed by atoms with Crippen molar-refractivity contribution < 1.29 is 0 Å². The third kappa shape index (κ3) is 10.6. The molecule has 0 spiro atoms. The fourth-order valence-corrected chi connectivity index (χ4v) is 31.5. The Hall–Kier alpha value is -1.40. The van der Waals surface area contributed by atoms with Crippen molar-refractivity contribution in [3.05, 3.63) is 115 Å². The molecule has 1 saturated heterocycles. The van der Waals surface area contributed by atoms with Crippen LogP contribution in [0.5, 0.6) is 0 Å². The molecule has 0 amide bonds. The zero-order chi connectivity index (χ0) is 29.4. The van der Waals surface area contributed by atoms with Crippen LogP contribution in [0.4, 0.5) is 0 Å². The molecule has 0 aliphatic carbocycles. The van der Waals surface area contributed by atoms with Crippen LogP contribution < -0.4 is 15.9 Å². The highest BCUT2D eigenvalue weighted by molar-refractivity contribution is 8.78. The van der Waals surface area contributed by atoms with Crippen molar-refractivity contribution in [3.63, 3.8) is 0 Å². The maximum atomic E-state index is 2.52. The van der Waals surface area contributed by atoms with Gasteiger partial charge in [0.2, 0.25) is 0 Å². The van der Waals surface area contributed by atoms with E-state index in [4.69, 9.17) is 0 Å². The van der Waals surface area contributed by atoms with Gasteiger partial charge in [0.15, 0.2) is 0 Å². The summed E-state index contributed by atoms with van der Waals surface area (Å²) < 4.78 is 0. The normalized spacial score (nSPS) is 22.7. The second-order valence-corrected chi connectivity index (χ2v) is 26.0. The summed E-state index contributed by atoms with van der Waals surface area (Å²) >= 11 is 0. The van der Waals surface area contributed by atoms with Gasteiger partial charge in [0.1, 0.15) is 0 Å². The third-order valence-corrected chi connectivity index (χ3v) is 29.7. The first kappa shape index (κ1) is 33.0. The van der Waals surface area contributed by atoms with Crippen LogP contribution in [0.15, 0.2) is 115 Å². The molecule has 1 heterocycles. The molecule has 4 aromatic rings. The van der Waals surface area contributed by atoms with Crippen LogP contribution in [0.1, 0.15) is 83.5 Å². The van der Waals surface area contributed by atoms with E-state index in [9.17, 15) is 0 Å². The van der Waals surface area contributed by atoms with Gasteiger partial charge in [-0.2, -0.15) is 0 Å². The first-order chi connectivity index (χ1) is 21.4. The Kier molecular flexibility index (Phi) is 14.7. The molecular weight excluding hydrogens is 592 g/mol. The molecule has 226 valence electrons. The van der Waals surface area contributed by atoms with E-state index in [-0.39, 0.29) is 22.2 Å². The molecule has 0 aromatic heterocycles. The molecule has 0 N–H and O–H groups in total. The maximum Gasteiger partial charge on any atom is -0.0117 e. The van der Waals surface area contributed by atoms with Gasteiger partial charge in [0, 0.05) is 0 Å². The summed E-state index contributed by atoms with van der Waals surface area (Å²) in [5.74, 6) is 0. The molecule has 0 radical (unpaired) electrons. The van der Waals surface area contributed by atoms with E-state index in [2.05, 4.69) is 115 Å². The predicted molar refractivity (Wildman–Crippen MR) is 202 cm³/mol. The standard InChI is InChI=1S/C39H50P4/c1-2-4-6-8-10-21-33-40-42(38-25-17-13-18-26-38)43(39-27-19-14-20-28-39)41(34-22-11-9-7-5-3-1)37-31-29-36(30-32-37)35-23-15-12-16-24-35/h12-20,23-32,40H,1-11,21-22,33-34H2. The van der Waals surface area contributed by atoms with Gasteiger partial charge in [0.25, 0.3) is 0 Å². The summed E-state index contributed by atoms with van der Waals surface area (Å²) in [6.07, 6.45) is 21.3. The molecule has 4 heteroatoms. The Morgan fingerprint density at radius 3 is 1.37 bits per heavy atom. The Labute approximate surface area is 267 Å². The van der Waals surface area contributed by atoms with Crippen LogP contribution >= 0.6 is 30.5 Å². The number of benzene rings is 4. The molecule has 1 aliphatic heterocycles. The lowest BCUT2D eigenvalue weighted by Gasteiger charge is -2.36. The van der Waals surface area contributed by atoms with Gasteiger partial charge in [-0.3, -0.25) is 0 Å². The SMILES string of the molecule is c1ccc(-c2ccc(P3CCCCCCCCCCCCCCCPP(c4ccccc4)P3c3ccccc3)cc2)cc1. The molecule has 4 atom stereocenters. The second-order valence-electron chi connectivity index (χ2n) is 11.8. The summed E-state index contributed by atoms with van der Waals surface area (Å²) in [6.45, 7) is 0. The number of hydrogen-bond acceptors (Lipinski definition) is 0. The van der Waals surface area contributed by atoms with Crippen LogP contribution in [-0.2, 0) is 0 Å². The van der Waals surface area contributed by atoms with Crippen molar-refractivity contribution >= 4 is 46.4 Å². The molecule has 0 saturated carbocycles. The van der Waals surface area contributed by atoms with Crippen molar-refractivity contribution in [1.82, 2.24) is 0 Å². The highest BCUT2D eigenvalue weighted by Crippen LogP contribution is 2.90. The van der Waals surface area contributed by atoms with Gasteiger partial charge < -0.3 is 0 Å². The van der Waals surface area contributed by atoms with E-state index < -0.39 is 0 Å². The fourth-order valence-electron chi connectivity index (χ4n) is 6.07. The van der Waals surface area contributed by atoms with E-state index in [0.717, 1.165) is 8.27 Å². The average Bonchev–Trinajstić information content (AvgIpc) is 3.07. The average molecular weight is 643 g/mol. The van der Waals surface area contributed by atoms with E-state index >= 15 is 0 Å². The summed E-state index contributed by atoms with van der Waals surface area (Å²) in [5, 5.41) is 4.91. The molecule has 1 aliphatic rings. The largest absolute Gasteiger partial charge is 0.0862 e. The summed E-state index contributed by atoms with van der Waals surface area (Å²) in [7, 11) is 0.237. The van der Waals surface area contributed by atoms with Crippen LogP contribution in [0.25, 0.3) is 11.1 Å². The first-order valence-electron chi connectivity index (χ1n) is 16.8. The molecule has 4 unspecified atom stereocenters. The Morgan fingerprint density at radius 1 is 0.372 bits per heavy atom. The monoisotopic (exact) mass is 642 g/mol. The van der Waals surface area contributed by atoms with Gasteiger partial charge in [-0.15, -0.1) is 0 Å². The molecule has 4 aromatic carbocycles. The molecule has 0 nitrogen and oxygen atoms in total. The lowest BCUT2D eigenvalue weighted by Crippen LogP contribution is -2.10. The zero-order valence-corrected chi connectivity index (χ0v) is 29.6. The van der Waals surface area contributed by atoms with Gasteiger partial charge in [-0.1, -0.05) is 194 Å². The third-order valence-electron chi connectivity index (χ3n) is 8.49. The number of rotatable bonds is 4. The highest BCUT2D eigenvalue weighted by Gasteiger charge is 2.32. The minimum Gasteiger partial charge on any atom is -0.0862 e. The van der Waals surface area contributed by atoms with Crippen LogP contribution in [0, 0.1) is 0 Å². The summed E-state index contributed by atoms with van der Waals surface area (Å²) in [4.78, 5) is 0. The van der Waals surface area contributed by atoms with E-state index in [0.29, 0.717) is 0 Å². The summed E-state index contributed by atoms with van der Waals surface area (Å²) in [5.41, 5.74) is 2.66. The van der Waals surface area contributed by atoms with Crippen molar-refractivity contribution in [2.75, 3.05) is 12.3 Å². The van der Waals surface area contributed by atoms with Crippen molar-refractivity contribution in [1.29, 1.82) is 0 Å². The quantitative estimate of drug-likeness (QED) is 0.194. The first-order valence-corrected chi connectivity index (χ1v) is 24.4. The van der Waals surface area contributed by atoms with Crippen molar-refractivity contribution in [3.8, 4) is 11.1 Å². The topological polar surface area (TPSA) is 0 Å². The molecule has 0 bridgehead atoms. The Bertz CT molecular complexity index is 1280. The Balaban J connectivity index is 1.49. The maximum absolute atomic E-state index is 2.52. The second kappa shape index (κ2) is 19.2. The van der Waals surface area contributed by atoms with E-state index in [1.165, 1.54) is 107 Å². The molecular formula is C39H50P4. The molecule has 5 rings (SSSR count). The van der Waals surface area contributed by atoms with Gasteiger partial charge in [-0.05, 0) is 74.4 Å². The molecule has 43 heavy (non-hydrogen) atoms. The van der Waals surface area contributed by atoms with Gasteiger partial charge >= 0.3 is 0 Å². The highest BCUT2D eigenvalue weighted by atomic mass is 32.6. The minimum atomic E-state index is -0.302. The fraction of sp³-hybridized carbons (Fsp3) is 0.385. The molecule has 1 fully saturated rings. The van der Waals surface area contributed by atoms with Crippen LogP contribution in [-0.4, -0.2) is 12.3 Å². The van der Waals surface area contributed by atoms with Crippen LogP contribution in [0.3, 0.4) is 0 Å².